The predicted octanol–water partition coefficient (Wildman–Crippen LogP) is 3.58. The van der Waals surface area contributed by atoms with Gasteiger partial charge in [-0.05, 0) is 12.1 Å². The van der Waals surface area contributed by atoms with Crippen molar-refractivity contribution in [3.05, 3.63) is 58.8 Å². The number of hydrogen-bond donors (Lipinski definition) is 0. The maximum atomic E-state index is 6.27. The highest BCUT2D eigenvalue weighted by Gasteiger charge is 2.19. The van der Waals surface area contributed by atoms with Gasteiger partial charge >= 0.3 is 0 Å². The Morgan fingerprint density at radius 3 is 2.52 bits per heavy atom. The highest BCUT2D eigenvalue weighted by molar-refractivity contribution is 7.13. The number of anilines is 1. The number of piperazine rings is 1. The van der Waals surface area contributed by atoms with Gasteiger partial charge in [-0.2, -0.15) is 0 Å². The Kier molecular flexibility index (Phi) is 4.92. The summed E-state index contributed by atoms with van der Waals surface area (Å²) in [7, 11) is 0. The number of nitrogens with zero attached hydrogens (tertiary/aromatic N) is 5. The van der Waals surface area contributed by atoms with Crippen molar-refractivity contribution in [2.45, 2.75) is 6.54 Å². The molecule has 0 N–H and O–H groups in total. The molecule has 7 heteroatoms. The van der Waals surface area contributed by atoms with E-state index >= 15 is 0 Å². The first-order valence-electron chi connectivity index (χ1n) is 8.23. The number of aromatic nitrogens is 3. The van der Waals surface area contributed by atoms with Crippen LogP contribution in [-0.4, -0.2) is 46.0 Å². The maximum Gasteiger partial charge on any atom is 0.225 e. The van der Waals surface area contributed by atoms with E-state index < -0.39 is 0 Å². The molecule has 0 radical (unpaired) electrons. The molecule has 1 aromatic carbocycles. The van der Waals surface area contributed by atoms with Gasteiger partial charge in [-0.15, -0.1) is 11.3 Å². The third kappa shape index (κ3) is 3.81. The van der Waals surface area contributed by atoms with Crippen LogP contribution in [0.4, 0.5) is 5.95 Å². The molecule has 0 bridgehead atoms. The number of hydrogen-bond acceptors (Lipinski definition) is 6. The summed E-state index contributed by atoms with van der Waals surface area (Å²) in [5.41, 5.74) is 2.11. The minimum Gasteiger partial charge on any atom is -0.338 e. The smallest absolute Gasteiger partial charge is 0.225 e. The molecule has 5 nitrogen and oxygen atoms in total. The van der Waals surface area contributed by atoms with Gasteiger partial charge in [0.1, 0.15) is 5.01 Å². The van der Waals surface area contributed by atoms with Crippen molar-refractivity contribution in [3.63, 3.8) is 0 Å². The normalized spacial score (nSPS) is 15.5. The minimum absolute atomic E-state index is 0.750. The van der Waals surface area contributed by atoms with Gasteiger partial charge in [0, 0.05) is 56.1 Å². The molecule has 1 aliphatic heterocycles. The molecule has 2 aromatic heterocycles. The summed E-state index contributed by atoms with van der Waals surface area (Å²) in [4.78, 5) is 18.1. The van der Waals surface area contributed by atoms with E-state index in [9.17, 15) is 0 Å². The molecule has 0 amide bonds. The lowest BCUT2D eigenvalue weighted by Gasteiger charge is -2.34. The molecule has 4 rings (SSSR count). The van der Waals surface area contributed by atoms with Crippen LogP contribution in [0.15, 0.2) is 48.1 Å². The number of halogens is 1. The first-order chi connectivity index (χ1) is 12.3. The van der Waals surface area contributed by atoms with Gasteiger partial charge in [-0.25, -0.2) is 15.0 Å². The summed E-state index contributed by atoms with van der Waals surface area (Å²) in [6.45, 7) is 4.70. The Hall–Kier alpha value is -2.02. The van der Waals surface area contributed by atoms with Gasteiger partial charge in [0.2, 0.25) is 5.95 Å². The first kappa shape index (κ1) is 16.4. The first-order valence-corrected chi connectivity index (χ1v) is 9.49. The second-order valence-corrected chi connectivity index (χ2v) is 7.20. The monoisotopic (exact) mass is 371 g/mol. The average Bonchev–Trinajstić information content (AvgIpc) is 3.12. The van der Waals surface area contributed by atoms with E-state index in [0.29, 0.717) is 0 Å². The van der Waals surface area contributed by atoms with Crippen molar-refractivity contribution in [2.75, 3.05) is 31.1 Å². The van der Waals surface area contributed by atoms with Crippen molar-refractivity contribution in [2.24, 2.45) is 0 Å². The summed E-state index contributed by atoms with van der Waals surface area (Å²) in [6, 6.07) is 9.70. The second-order valence-electron chi connectivity index (χ2n) is 5.94. The fourth-order valence-electron chi connectivity index (χ4n) is 2.93. The molecule has 128 valence electrons. The molecular formula is C18H18ClN5S. The lowest BCUT2D eigenvalue weighted by Crippen LogP contribution is -2.46. The fraction of sp³-hybridized carbons (Fsp3) is 0.278. The molecule has 3 heterocycles. The number of thiazole rings is 1. The van der Waals surface area contributed by atoms with Crippen molar-refractivity contribution >= 4 is 28.9 Å². The average molecular weight is 372 g/mol. The number of rotatable bonds is 4. The zero-order valence-corrected chi connectivity index (χ0v) is 15.2. The van der Waals surface area contributed by atoms with Crippen LogP contribution in [0.3, 0.4) is 0 Å². The van der Waals surface area contributed by atoms with Crippen LogP contribution in [0.25, 0.3) is 10.6 Å². The quantitative estimate of drug-likeness (QED) is 0.701. The summed E-state index contributed by atoms with van der Waals surface area (Å²) >= 11 is 7.92. The molecule has 25 heavy (non-hydrogen) atoms. The van der Waals surface area contributed by atoms with Gasteiger partial charge < -0.3 is 4.90 Å². The van der Waals surface area contributed by atoms with Crippen LogP contribution in [0.2, 0.25) is 5.02 Å². The van der Waals surface area contributed by atoms with Gasteiger partial charge in [0.15, 0.2) is 0 Å². The van der Waals surface area contributed by atoms with Crippen molar-refractivity contribution < 1.29 is 0 Å². The summed E-state index contributed by atoms with van der Waals surface area (Å²) < 4.78 is 0. The van der Waals surface area contributed by atoms with E-state index in [4.69, 9.17) is 16.6 Å². The van der Waals surface area contributed by atoms with Crippen LogP contribution >= 0.6 is 22.9 Å². The molecule has 1 saturated heterocycles. The van der Waals surface area contributed by atoms with Crippen LogP contribution < -0.4 is 4.90 Å². The standard InChI is InChI=1S/C18H18ClN5S/c19-16-5-2-1-4-15(16)17-22-14(13-25-17)12-23-8-10-24(11-9-23)18-20-6-3-7-21-18/h1-7,13H,8-12H2. The van der Waals surface area contributed by atoms with Gasteiger partial charge in [0.05, 0.1) is 10.7 Å². The summed E-state index contributed by atoms with van der Waals surface area (Å²) in [6.07, 6.45) is 3.58. The van der Waals surface area contributed by atoms with E-state index in [-0.39, 0.29) is 0 Å². The highest BCUT2D eigenvalue weighted by atomic mass is 35.5. The summed E-state index contributed by atoms with van der Waals surface area (Å²) in [5.74, 6) is 0.816. The SMILES string of the molecule is Clc1ccccc1-c1nc(CN2CCN(c3ncccn3)CC2)cs1. The molecule has 0 aliphatic carbocycles. The zero-order chi connectivity index (χ0) is 17.1. The molecular weight excluding hydrogens is 354 g/mol. The molecule has 0 unspecified atom stereocenters. The van der Waals surface area contributed by atoms with Crippen molar-refractivity contribution in [3.8, 4) is 10.6 Å². The van der Waals surface area contributed by atoms with Crippen LogP contribution in [0.1, 0.15) is 5.69 Å². The van der Waals surface area contributed by atoms with Crippen LogP contribution in [-0.2, 0) is 6.54 Å². The van der Waals surface area contributed by atoms with Gasteiger partial charge in [-0.1, -0.05) is 29.8 Å². The van der Waals surface area contributed by atoms with E-state index in [1.165, 1.54) is 0 Å². The van der Waals surface area contributed by atoms with Gasteiger partial charge in [0.25, 0.3) is 0 Å². The van der Waals surface area contributed by atoms with Crippen LogP contribution in [0.5, 0.6) is 0 Å². The molecule has 0 spiro atoms. The lowest BCUT2D eigenvalue weighted by atomic mass is 10.2. The van der Waals surface area contributed by atoms with E-state index in [1.807, 2.05) is 30.3 Å². The van der Waals surface area contributed by atoms with Gasteiger partial charge in [-0.3, -0.25) is 4.90 Å². The van der Waals surface area contributed by atoms with Crippen molar-refractivity contribution in [1.82, 2.24) is 19.9 Å². The van der Waals surface area contributed by atoms with E-state index in [2.05, 4.69) is 25.1 Å². The Bertz CT molecular complexity index is 830. The second kappa shape index (κ2) is 7.47. The largest absolute Gasteiger partial charge is 0.338 e. The molecule has 1 fully saturated rings. The maximum absolute atomic E-state index is 6.27. The predicted molar refractivity (Wildman–Crippen MR) is 102 cm³/mol. The Morgan fingerprint density at radius 1 is 1.00 bits per heavy atom. The summed E-state index contributed by atoms with van der Waals surface area (Å²) in [5, 5.41) is 3.86. The topological polar surface area (TPSA) is 45.2 Å². The van der Waals surface area contributed by atoms with E-state index in [1.54, 1.807) is 23.7 Å². The molecule has 0 atom stereocenters. The van der Waals surface area contributed by atoms with Crippen molar-refractivity contribution in [1.29, 1.82) is 0 Å². The zero-order valence-electron chi connectivity index (χ0n) is 13.7. The third-order valence-electron chi connectivity index (χ3n) is 4.25. The molecule has 3 aromatic rings. The highest BCUT2D eigenvalue weighted by Crippen LogP contribution is 2.30. The van der Waals surface area contributed by atoms with E-state index in [0.717, 1.165) is 60.0 Å². The minimum atomic E-state index is 0.750. The Morgan fingerprint density at radius 2 is 1.76 bits per heavy atom. The third-order valence-corrected chi connectivity index (χ3v) is 5.50. The number of benzene rings is 1. The molecule has 0 saturated carbocycles. The van der Waals surface area contributed by atoms with Crippen LogP contribution in [0, 0.1) is 0 Å². The fourth-order valence-corrected chi connectivity index (χ4v) is 4.06. The Labute approximate surface area is 155 Å². The molecule has 1 aliphatic rings. The Balaban J connectivity index is 1.37. The lowest BCUT2D eigenvalue weighted by molar-refractivity contribution is 0.246.